The number of carboxylic acid groups (broad SMARTS) is 1. The van der Waals surface area contributed by atoms with Crippen LogP contribution in [0.4, 0.5) is 0 Å². The minimum absolute atomic E-state index is 0.0927. The molecule has 15 heavy (non-hydrogen) atoms. The van der Waals surface area contributed by atoms with Gasteiger partial charge in [0.15, 0.2) is 11.3 Å². The summed E-state index contributed by atoms with van der Waals surface area (Å²) in [7, 11) is 0. The molecule has 1 atom stereocenters. The Balaban J connectivity index is 3.16. The first-order chi connectivity index (χ1) is 6.87. The van der Waals surface area contributed by atoms with E-state index in [0.717, 1.165) is 6.92 Å². The number of phenolic OH excluding ortho intramolecular Hbond substituents is 1. The van der Waals surface area contributed by atoms with Gasteiger partial charge in [-0.05, 0) is 19.1 Å². The number of phenols is 1. The summed E-state index contributed by atoms with van der Waals surface area (Å²) in [5, 5.41) is 18.1. The molecule has 1 rings (SSSR count). The highest BCUT2D eigenvalue weighted by molar-refractivity contribution is 6.16. The average Bonchev–Trinajstić information content (AvgIpc) is 2.17. The van der Waals surface area contributed by atoms with Crippen molar-refractivity contribution in [1.29, 1.82) is 0 Å². The van der Waals surface area contributed by atoms with Crippen molar-refractivity contribution >= 4 is 11.8 Å². The highest BCUT2D eigenvalue weighted by atomic mass is 16.4. The average molecular weight is 209 g/mol. The summed E-state index contributed by atoms with van der Waals surface area (Å²) in [6.07, 6.45) is 0. The van der Waals surface area contributed by atoms with E-state index in [4.69, 9.17) is 10.8 Å². The topological polar surface area (TPSA) is 101 Å². The van der Waals surface area contributed by atoms with Crippen LogP contribution in [-0.2, 0) is 4.79 Å². The molecule has 0 aromatic heterocycles. The molecule has 4 N–H and O–H groups in total. The first kappa shape index (κ1) is 11.2. The molecular formula is C10H11NO4. The Morgan fingerprint density at radius 1 is 1.33 bits per heavy atom. The van der Waals surface area contributed by atoms with E-state index in [-0.39, 0.29) is 11.3 Å². The maximum absolute atomic E-state index is 11.7. The van der Waals surface area contributed by atoms with Crippen LogP contribution < -0.4 is 5.73 Å². The maximum Gasteiger partial charge on any atom is 0.331 e. The number of aliphatic carboxylic acids is 1. The van der Waals surface area contributed by atoms with Gasteiger partial charge in [-0.25, -0.2) is 4.79 Å². The Bertz CT molecular complexity index is 412. The van der Waals surface area contributed by atoms with Crippen molar-refractivity contribution in [2.45, 2.75) is 12.5 Å². The van der Waals surface area contributed by atoms with Crippen LogP contribution in [0.25, 0.3) is 0 Å². The van der Waals surface area contributed by atoms with E-state index in [1.54, 1.807) is 0 Å². The van der Waals surface area contributed by atoms with Crippen LogP contribution in [0.5, 0.6) is 5.75 Å². The van der Waals surface area contributed by atoms with Crippen molar-refractivity contribution in [3.8, 4) is 5.75 Å². The van der Waals surface area contributed by atoms with Crippen LogP contribution in [0.1, 0.15) is 17.3 Å². The summed E-state index contributed by atoms with van der Waals surface area (Å²) in [5.41, 5.74) is 3.22. The summed E-state index contributed by atoms with van der Waals surface area (Å²) in [4.78, 5) is 22.4. The number of hydrogen-bond donors (Lipinski definition) is 3. The zero-order valence-electron chi connectivity index (χ0n) is 8.10. The molecule has 0 saturated heterocycles. The van der Waals surface area contributed by atoms with Gasteiger partial charge in [0.1, 0.15) is 5.75 Å². The standard InChI is InChI=1S/C10H11NO4/c1-10(11,9(14)15)8(13)6-4-2-3-5-7(6)12/h2-5,12H,11H2,1H3,(H,14,15). The van der Waals surface area contributed by atoms with Gasteiger partial charge in [-0.15, -0.1) is 0 Å². The Hall–Kier alpha value is -1.88. The second-order valence-corrected chi connectivity index (χ2v) is 3.35. The smallest absolute Gasteiger partial charge is 0.331 e. The van der Waals surface area contributed by atoms with E-state index in [1.807, 2.05) is 0 Å². The molecule has 1 unspecified atom stereocenters. The Labute approximate surface area is 86.1 Å². The SMILES string of the molecule is CC(N)(C(=O)O)C(=O)c1ccccc1O. The van der Waals surface area contributed by atoms with E-state index >= 15 is 0 Å². The van der Waals surface area contributed by atoms with Crippen molar-refractivity contribution < 1.29 is 19.8 Å². The lowest BCUT2D eigenvalue weighted by Crippen LogP contribution is -2.52. The molecule has 0 radical (unpaired) electrons. The molecular weight excluding hydrogens is 198 g/mol. The molecule has 0 aliphatic rings. The summed E-state index contributed by atoms with van der Waals surface area (Å²) in [6.45, 7) is 1.09. The van der Waals surface area contributed by atoms with Crippen LogP contribution in [0.2, 0.25) is 0 Å². The molecule has 0 fully saturated rings. The molecule has 0 aliphatic carbocycles. The minimum Gasteiger partial charge on any atom is -0.507 e. The maximum atomic E-state index is 11.7. The van der Waals surface area contributed by atoms with Gasteiger partial charge in [0.05, 0.1) is 5.56 Å². The highest BCUT2D eigenvalue weighted by Crippen LogP contribution is 2.20. The summed E-state index contributed by atoms with van der Waals surface area (Å²) in [5.74, 6) is -2.54. The largest absolute Gasteiger partial charge is 0.507 e. The third-order valence-electron chi connectivity index (χ3n) is 2.06. The van der Waals surface area contributed by atoms with Gasteiger partial charge in [0.2, 0.25) is 0 Å². The second-order valence-electron chi connectivity index (χ2n) is 3.35. The zero-order chi connectivity index (χ0) is 11.6. The third kappa shape index (κ3) is 1.97. The van der Waals surface area contributed by atoms with Gasteiger partial charge < -0.3 is 15.9 Å². The Morgan fingerprint density at radius 2 is 1.87 bits per heavy atom. The quantitative estimate of drug-likeness (QED) is 0.493. The number of para-hydroxylation sites is 1. The van der Waals surface area contributed by atoms with Crippen molar-refractivity contribution in [3.05, 3.63) is 29.8 Å². The van der Waals surface area contributed by atoms with E-state index in [0.29, 0.717) is 0 Å². The van der Waals surface area contributed by atoms with Crippen molar-refractivity contribution in [3.63, 3.8) is 0 Å². The van der Waals surface area contributed by atoms with E-state index in [9.17, 15) is 14.7 Å². The number of Topliss-reactive ketones (excluding diaryl/α,β-unsaturated/α-hetero) is 1. The number of carbonyl (C=O) groups excluding carboxylic acids is 1. The molecule has 0 heterocycles. The second kappa shape index (κ2) is 3.70. The fourth-order valence-electron chi connectivity index (χ4n) is 1.04. The number of carboxylic acids is 1. The van der Waals surface area contributed by atoms with Gasteiger partial charge in [-0.3, -0.25) is 4.79 Å². The van der Waals surface area contributed by atoms with E-state index in [2.05, 4.69) is 0 Å². The predicted molar refractivity (Wildman–Crippen MR) is 52.7 cm³/mol. The van der Waals surface area contributed by atoms with Crippen molar-refractivity contribution in [1.82, 2.24) is 0 Å². The molecule has 1 aromatic carbocycles. The van der Waals surface area contributed by atoms with E-state index in [1.165, 1.54) is 24.3 Å². The van der Waals surface area contributed by atoms with Crippen LogP contribution in [0.3, 0.4) is 0 Å². The lowest BCUT2D eigenvalue weighted by Gasteiger charge is -2.17. The normalized spacial score (nSPS) is 14.3. The molecule has 80 valence electrons. The van der Waals surface area contributed by atoms with E-state index < -0.39 is 17.3 Å². The van der Waals surface area contributed by atoms with Crippen LogP contribution in [0, 0.1) is 0 Å². The van der Waals surface area contributed by atoms with Crippen molar-refractivity contribution in [2.24, 2.45) is 5.73 Å². The molecule has 0 aliphatic heterocycles. The number of carbonyl (C=O) groups is 2. The molecule has 5 heteroatoms. The molecule has 0 bridgehead atoms. The number of hydrogen-bond acceptors (Lipinski definition) is 4. The number of aromatic hydroxyl groups is 1. The number of nitrogens with two attached hydrogens (primary N) is 1. The first-order valence-corrected chi connectivity index (χ1v) is 4.22. The molecule has 0 spiro atoms. The third-order valence-corrected chi connectivity index (χ3v) is 2.06. The molecule has 0 amide bonds. The summed E-state index contributed by atoms with van der Waals surface area (Å²) < 4.78 is 0. The molecule has 0 saturated carbocycles. The predicted octanol–water partition coefficient (Wildman–Crippen LogP) is 0.377. The lowest BCUT2D eigenvalue weighted by molar-refractivity contribution is -0.140. The lowest BCUT2D eigenvalue weighted by atomic mass is 9.92. The Kier molecular flexibility index (Phi) is 2.76. The number of ketones is 1. The van der Waals surface area contributed by atoms with Gasteiger partial charge in [0.25, 0.3) is 0 Å². The van der Waals surface area contributed by atoms with Gasteiger partial charge >= 0.3 is 5.97 Å². The minimum atomic E-state index is -2.03. The first-order valence-electron chi connectivity index (χ1n) is 4.22. The van der Waals surface area contributed by atoms with Gasteiger partial charge in [-0.1, -0.05) is 12.1 Å². The zero-order valence-corrected chi connectivity index (χ0v) is 8.10. The number of benzene rings is 1. The van der Waals surface area contributed by atoms with Crippen LogP contribution >= 0.6 is 0 Å². The van der Waals surface area contributed by atoms with Gasteiger partial charge in [-0.2, -0.15) is 0 Å². The summed E-state index contributed by atoms with van der Waals surface area (Å²) >= 11 is 0. The highest BCUT2D eigenvalue weighted by Gasteiger charge is 2.38. The number of rotatable bonds is 3. The monoisotopic (exact) mass is 209 g/mol. The van der Waals surface area contributed by atoms with Crippen LogP contribution in [0.15, 0.2) is 24.3 Å². The van der Waals surface area contributed by atoms with Gasteiger partial charge in [0, 0.05) is 0 Å². The molecule has 1 aromatic rings. The molecule has 5 nitrogen and oxygen atoms in total. The fraction of sp³-hybridized carbons (Fsp3) is 0.200. The van der Waals surface area contributed by atoms with Crippen molar-refractivity contribution in [2.75, 3.05) is 0 Å². The Morgan fingerprint density at radius 3 is 2.33 bits per heavy atom. The fourth-order valence-corrected chi connectivity index (χ4v) is 1.04. The summed E-state index contributed by atoms with van der Waals surface area (Å²) in [6, 6.07) is 5.67. The van der Waals surface area contributed by atoms with Crippen LogP contribution in [-0.4, -0.2) is 27.5 Å².